The van der Waals surface area contributed by atoms with Crippen LogP contribution in [0.2, 0.25) is 0 Å². The zero-order chi connectivity index (χ0) is 21.7. The smallest absolute Gasteiger partial charge is 0.246 e. The molecule has 4 aromatic rings. The van der Waals surface area contributed by atoms with Gasteiger partial charge in [0.05, 0.1) is 0 Å². The van der Waals surface area contributed by atoms with Gasteiger partial charge in [0.25, 0.3) is 0 Å². The second-order valence-corrected chi connectivity index (χ2v) is 9.86. The quantitative estimate of drug-likeness (QED) is 0.443. The Morgan fingerprint density at radius 2 is 1.94 bits per heavy atom. The molecule has 0 aliphatic carbocycles. The summed E-state index contributed by atoms with van der Waals surface area (Å²) in [4.78, 5) is 32.3. The van der Waals surface area contributed by atoms with Crippen molar-refractivity contribution in [1.82, 2.24) is 20.5 Å². The van der Waals surface area contributed by atoms with Gasteiger partial charge in [-0.25, -0.2) is 0 Å². The molecular weight excluding hydrogens is 420 g/mol. The first-order valence-electron chi connectivity index (χ1n) is 11.0. The predicted molar refractivity (Wildman–Crippen MR) is 127 cm³/mol. The molecule has 3 atom stereocenters. The van der Waals surface area contributed by atoms with E-state index in [1.807, 2.05) is 30.5 Å². The normalized spacial score (nSPS) is 23.1. The van der Waals surface area contributed by atoms with Crippen LogP contribution in [0, 0.1) is 0 Å². The number of para-hydroxylation sites is 1. The summed E-state index contributed by atoms with van der Waals surface area (Å²) in [5.74, 6) is -0.0216. The summed E-state index contributed by atoms with van der Waals surface area (Å²) in [7, 11) is 0. The van der Waals surface area contributed by atoms with Gasteiger partial charge in [0.2, 0.25) is 11.8 Å². The number of nitrogens with zero attached hydrogens (tertiary/aromatic N) is 1. The van der Waals surface area contributed by atoms with E-state index in [1.54, 1.807) is 16.2 Å². The number of hydrogen-bond donors (Lipinski definition) is 3. The van der Waals surface area contributed by atoms with E-state index in [9.17, 15) is 9.59 Å². The third-order valence-electron chi connectivity index (χ3n) is 6.64. The highest BCUT2D eigenvalue weighted by Crippen LogP contribution is 2.28. The van der Waals surface area contributed by atoms with Gasteiger partial charge in [-0.3, -0.25) is 9.59 Å². The largest absolute Gasteiger partial charge is 0.361 e. The lowest BCUT2D eigenvalue weighted by atomic mass is 10.0. The number of thiophene rings is 1. The van der Waals surface area contributed by atoms with Crippen molar-refractivity contribution in [1.29, 1.82) is 0 Å². The van der Waals surface area contributed by atoms with Gasteiger partial charge in [-0.05, 0) is 35.6 Å². The van der Waals surface area contributed by atoms with Gasteiger partial charge >= 0.3 is 0 Å². The fraction of sp³-hybridized carbons (Fsp3) is 0.280. The van der Waals surface area contributed by atoms with Crippen molar-refractivity contribution >= 4 is 44.1 Å². The van der Waals surface area contributed by atoms with Crippen LogP contribution in [0.1, 0.15) is 16.9 Å². The molecule has 162 valence electrons. The molecule has 0 unspecified atom stereocenters. The fourth-order valence-electron chi connectivity index (χ4n) is 5.03. The minimum Gasteiger partial charge on any atom is -0.361 e. The number of fused-ring (bicyclic) bond motifs is 3. The van der Waals surface area contributed by atoms with E-state index in [2.05, 4.69) is 45.9 Å². The number of benzene rings is 2. The predicted octanol–water partition coefficient (Wildman–Crippen LogP) is 3.18. The van der Waals surface area contributed by atoms with Crippen molar-refractivity contribution in [3.8, 4) is 0 Å². The zero-order valence-electron chi connectivity index (χ0n) is 17.5. The van der Waals surface area contributed by atoms with Crippen molar-refractivity contribution in [2.75, 3.05) is 6.54 Å². The lowest BCUT2D eigenvalue weighted by molar-refractivity contribution is -0.146. The molecule has 4 heterocycles. The van der Waals surface area contributed by atoms with Crippen LogP contribution < -0.4 is 10.6 Å². The maximum atomic E-state index is 13.2. The summed E-state index contributed by atoms with van der Waals surface area (Å²) >= 11 is 1.79. The Morgan fingerprint density at radius 3 is 2.84 bits per heavy atom. The SMILES string of the molecule is O=C1N[C@@H](Cc2c[nH]c3ccccc23)C(=O)N2C[C@@H](NCc3cc4ccccc4s3)C[C@@H]12. The molecule has 2 amide bonds. The average molecular weight is 445 g/mol. The summed E-state index contributed by atoms with van der Waals surface area (Å²) in [6.45, 7) is 1.32. The molecule has 3 N–H and O–H groups in total. The average Bonchev–Trinajstić information content (AvgIpc) is 3.52. The number of amides is 2. The minimum absolute atomic E-state index is 0.0195. The summed E-state index contributed by atoms with van der Waals surface area (Å²) in [5, 5.41) is 8.91. The van der Waals surface area contributed by atoms with Crippen LogP contribution in [0.3, 0.4) is 0 Å². The number of hydrogen-bond acceptors (Lipinski definition) is 4. The first kappa shape index (κ1) is 19.5. The number of aromatic nitrogens is 1. The Balaban J connectivity index is 1.13. The number of aromatic amines is 1. The van der Waals surface area contributed by atoms with Crippen LogP contribution in [0.25, 0.3) is 21.0 Å². The highest BCUT2D eigenvalue weighted by molar-refractivity contribution is 7.19. The van der Waals surface area contributed by atoms with Gasteiger partial charge in [-0.15, -0.1) is 11.3 Å². The lowest BCUT2D eigenvalue weighted by Crippen LogP contribution is -2.61. The topological polar surface area (TPSA) is 77.2 Å². The summed E-state index contributed by atoms with van der Waals surface area (Å²) in [6.07, 6.45) is 3.09. The van der Waals surface area contributed by atoms with Gasteiger partial charge in [0.1, 0.15) is 12.1 Å². The third-order valence-corrected chi connectivity index (χ3v) is 7.76. The zero-order valence-corrected chi connectivity index (χ0v) is 18.3. The van der Waals surface area contributed by atoms with E-state index < -0.39 is 6.04 Å². The molecule has 2 aromatic heterocycles. The van der Waals surface area contributed by atoms with E-state index in [-0.39, 0.29) is 23.9 Å². The second kappa shape index (κ2) is 7.76. The molecule has 2 aromatic carbocycles. The Morgan fingerprint density at radius 1 is 1.09 bits per heavy atom. The maximum Gasteiger partial charge on any atom is 0.246 e. The highest BCUT2D eigenvalue weighted by Gasteiger charge is 2.46. The highest BCUT2D eigenvalue weighted by atomic mass is 32.1. The monoisotopic (exact) mass is 444 g/mol. The number of carbonyl (C=O) groups is 2. The van der Waals surface area contributed by atoms with Gasteiger partial charge < -0.3 is 20.5 Å². The van der Waals surface area contributed by atoms with Crippen molar-refractivity contribution in [2.45, 2.75) is 37.5 Å². The molecule has 32 heavy (non-hydrogen) atoms. The second-order valence-electron chi connectivity index (χ2n) is 8.70. The molecule has 0 bridgehead atoms. The molecule has 2 fully saturated rings. The standard InChI is InChI=1S/C25H24N4O2S/c30-24-22-11-17(26-13-18-9-15-5-1-4-8-23(15)32-18)14-29(22)25(31)21(28-24)10-16-12-27-20-7-3-2-6-19(16)20/h1-9,12,17,21-22,26-27H,10-11,13-14H2,(H,28,30)/t17-,21-,22-/m0/s1. The molecule has 0 spiro atoms. The molecule has 2 aliphatic rings. The first-order valence-corrected chi connectivity index (χ1v) is 11.8. The van der Waals surface area contributed by atoms with Crippen LogP contribution >= 0.6 is 11.3 Å². The Kier molecular flexibility index (Phi) is 4.73. The minimum atomic E-state index is -0.515. The molecule has 0 saturated carbocycles. The third kappa shape index (κ3) is 3.38. The van der Waals surface area contributed by atoms with Gasteiger partial charge in [-0.1, -0.05) is 36.4 Å². The summed E-state index contributed by atoms with van der Waals surface area (Å²) < 4.78 is 1.28. The molecule has 7 heteroatoms. The molecule has 2 saturated heterocycles. The molecule has 6 rings (SSSR count). The summed E-state index contributed by atoms with van der Waals surface area (Å²) in [5.41, 5.74) is 2.10. The fourth-order valence-corrected chi connectivity index (χ4v) is 6.05. The van der Waals surface area contributed by atoms with Crippen LogP contribution in [0.4, 0.5) is 0 Å². The van der Waals surface area contributed by atoms with Crippen molar-refractivity contribution < 1.29 is 9.59 Å². The van der Waals surface area contributed by atoms with E-state index >= 15 is 0 Å². The van der Waals surface area contributed by atoms with Crippen molar-refractivity contribution in [2.24, 2.45) is 0 Å². The van der Waals surface area contributed by atoms with Gasteiger partial charge in [0, 0.05) is 52.2 Å². The number of H-pyrrole nitrogens is 1. The van der Waals surface area contributed by atoms with E-state index in [0.717, 1.165) is 23.0 Å². The molecule has 2 aliphatic heterocycles. The van der Waals surface area contributed by atoms with Crippen LogP contribution in [0.5, 0.6) is 0 Å². The van der Waals surface area contributed by atoms with Gasteiger partial charge in [0.15, 0.2) is 0 Å². The van der Waals surface area contributed by atoms with E-state index in [4.69, 9.17) is 0 Å². The Labute approximate surface area is 189 Å². The number of carbonyl (C=O) groups excluding carboxylic acids is 2. The Hall–Kier alpha value is -3.16. The van der Waals surface area contributed by atoms with Crippen LogP contribution in [-0.4, -0.2) is 46.4 Å². The molecule has 0 radical (unpaired) electrons. The lowest BCUT2D eigenvalue weighted by Gasteiger charge is -2.34. The summed E-state index contributed by atoms with van der Waals surface area (Å²) in [6, 6.07) is 17.9. The number of piperazine rings is 1. The van der Waals surface area contributed by atoms with Crippen molar-refractivity contribution in [3.63, 3.8) is 0 Å². The van der Waals surface area contributed by atoms with Crippen LogP contribution in [-0.2, 0) is 22.6 Å². The Bertz CT molecular complexity index is 1290. The van der Waals surface area contributed by atoms with Gasteiger partial charge in [-0.2, -0.15) is 0 Å². The van der Waals surface area contributed by atoms with E-state index in [0.29, 0.717) is 19.4 Å². The molecular formula is C25H24N4O2S. The van der Waals surface area contributed by atoms with Crippen molar-refractivity contribution in [3.05, 3.63) is 71.2 Å². The molecule has 6 nitrogen and oxygen atoms in total. The number of rotatable bonds is 5. The maximum absolute atomic E-state index is 13.2. The number of nitrogens with one attached hydrogen (secondary N) is 3. The van der Waals surface area contributed by atoms with E-state index in [1.165, 1.54) is 15.0 Å². The van der Waals surface area contributed by atoms with Crippen LogP contribution in [0.15, 0.2) is 60.8 Å². The first-order chi connectivity index (χ1) is 15.7.